The van der Waals surface area contributed by atoms with Crippen LogP contribution in [0.2, 0.25) is 0 Å². The van der Waals surface area contributed by atoms with Gasteiger partial charge >= 0.3 is 0 Å². The summed E-state index contributed by atoms with van der Waals surface area (Å²) in [6.45, 7) is 8.94. The number of fused-ring (bicyclic) bond motifs is 1. The van der Waals surface area contributed by atoms with E-state index in [-0.39, 0.29) is 24.5 Å². The molecule has 172 valence electrons. The third-order valence-electron chi connectivity index (χ3n) is 5.88. The van der Waals surface area contributed by atoms with Gasteiger partial charge in [0.25, 0.3) is 0 Å². The van der Waals surface area contributed by atoms with E-state index in [0.29, 0.717) is 18.4 Å². The average Bonchev–Trinajstić information content (AvgIpc) is 3.27. The fourth-order valence-electron chi connectivity index (χ4n) is 3.49. The maximum Gasteiger partial charge on any atom is 0.229 e. The normalized spacial score (nSPS) is 13.3. The van der Waals surface area contributed by atoms with Crippen molar-refractivity contribution >= 4 is 17.5 Å². The monoisotopic (exact) mass is 445 g/mol. The molecule has 3 N–H and O–H groups in total. The molecule has 0 spiro atoms. The van der Waals surface area contributed by atoms with E-state index in [2.05, 4.69) is 63.8 Å². The fraction of sp³-hybridized carbons (Fsp3) is 0.360. The summed E-state index contributed by atoms with van der Waals surface area (Å²) >= 11 is 0. The van der Waals surface area contributed by atoms with Gasteiger partial charge in [0.05, 0.1) is 11.9 Å². The molecular weight excluding hydrogens is 414 g/mol. The number of rotatable bonds is 9. The Morgan fingerprint density at radius 2 is 1.79 bits per heavy atom. The summed E-state index contributed by atoms with van der Waals surface area (Å²) in [5, 5.41) is 20.8. The zero-order valence-electron chi connectivity index (χ0n) is 19.5. The first kappa shape index (κ1) is 22.7. The lowest BCUT2D eigenvalue weighted by Gasteiger charge is -2.20. The topological polar surface area (TPSA) is 100 Å². The molecule has 0 aliphatic rings. The van der Waals surface area contributed by atoms with Gasteiger partial charge in [0.1, 0.15) is 0 Å². The second-order valence-electron chi connectivity index (χ2n) is 8.72. The van der Waals surface area contributed by atoms with E-state index in [4.69, 9.17) is 4.98 Å². The van der Waals surface area contributed by atoms with Crippen molar-refractivity contribution in [3.63, 3.8) is 0 Å². The van der Waals surface area contributed by atoms with E-state index in [1.54, 1.807) is 10.7 Å². The lowest BCUT2D eigenvalue weighted by atomic mass is 10.1. The average molecular weight is 446 g/mol. The zero-order valence-corrected chi connectivity index (χ0v) is 19.5. The molecule has 0 aliphatic heterocycles. The first-order chi connectivity index (χ1) is 16.0. The predicted octanol–water partition coefficient (Wildman–Crippen LogP) is 4.35. The number of nitrogens with one attached hydrogen (secondary N) is 2. The highest BCUT2D eigenvalue weighted by atomic mass is 16.3. The van der Waals surface area contributed by atoms with Crippen LogP contribution in [0.5, 0.6) is 0 Å². The first-order valence-corrected chi connectivity index (χ1v) is 11.3. The van der Waals surface area contributed by atoms with Crippen molar-refractivity contribution in [2.45, 2.75) is 46.2 Å². The number of hydrogen-bond donors (Lipinski definition) is 3. The first-order valence-electron chi connectivity index (χ1n) is 11.3. The van der Waals surface area contributed by atoms with Crippen molar-refractivity contribution in [1.29, 1.82) is 0 Å². The molecule has 8 nitrogen and oxygen atoms in total. The molecule has 33 heavy (non-hydrogen) atoms. The summed E-state index contributed by atoms with van der Waals surface area (Å²) < 4.78 is 1.75. The Bertz CT molecular complexity index is 1190. The number of aliphatic hydroxyl groups excluding tert-OH is 1. The molecule has 0 amide bonds. The number of pyridine rings is 1. The molecule has 3 aromatic heterocycles. The number of anilines is 2. The second-order valence-corrected chi connectivity index (χ2v) is 8.72. The van der Waals surface area contributed by atoms with Crippen LogP contribution in [-0.2, 0) is 6.54 Å². The van der Waals surface area contributed by atoms with E-state index in [9.17, 15) is 5.11 Å². The van der Waals surface area contributed by atoms with E-state index in [0.717, 1.165) is 28.0 Å². The van der Waals surface area contributed by atoms with Crippen LogP contribution in [0, 0.1) is 5.92 Å². The van der Waals surface area contributed by atoms with Gasteiger partial charge in [0.15, 0.2) is 5.65 Å². The summed E-state index contributed by atoms with van der Waals surface area (Å²) in [5.74, 6) is 1.50. The highest BCUT2D eigenvalue weighted by Crippen LogP contribution is 2.23. The van der Waals surface area contributed by atoms with Crippen LogP contribution in [-0.4, -0.2) is 42.3 Å². The molecule has 0 saturated heterocycles. The summed E-state index contributed by atoms with van der Waals surface area (Å²) in [4.78, 5) is 13.8. The van der Waals surface area contributed by atoms with Crippen LogP contribution >= 0.6 is 0 Å². The van der Waals surface area contributed by atoms with E-state index in [1.807, 2.05) is 38.2 Å². The van der Waals surface area contributed by atoms with Gasteiger partial charge in [-0.05, 0) is 36.5 Å². The quantitative estimate of drug-likeness (QED) is 0.352. The van der Waals surface area contributed by atoms with E-state index < -0.39 is 0 Å². The molecular formula is C25H31N7O. The molecule has 1 aromatic carbocycles. The molecule has 4 aromatic rings. The molecule has 3 heterocycles. The summed E-state index contributed by atoms with van der Waals surface area (Å²) in [6.07, 6.45) is 3.65. The molecule has 0 bridgehead atoms. The minimum atomic E-state index is 0.0230. The van der Waals surface area contributed by atoms with Crippen LogP contribution in [0.15, 0.2) is 54.9 Å². The Morgan fingerprint density at radius 1 is 1.00 bits per heavy atom. The minimum absolute atomic E-state index is 0.0230. The summed E-state index contributed by atoms with van der Waals surface area (Å²) in [7, 11) is 0. The van der Waals surface area contributed by atoms with Gasteiger partial charge in [-0.2, -0.15) is 19.6 Å². The fourth-order valence-corrected chi connectivity index (χ4v) is 3.49. The van der Waals surface area contributed by atoms with Crippen LogP contribution in [0.25, 0.3) is 16.9 Å². The van der Waals surface area contributed by atoms with Gasteiger partial charge in [0.2, 0.25) is 11.9 Å². The maximum absolute atomic E-state index is 9.48. The van der Waals surface area contributed by atoms with E-state index >= 15 is 0 Å². The van der Waals surface area contributed by atoms with Gasteiger partial charge in [-0.25, -0.2) is 0 Å². The Kier molecular flexibility index (Phi) is 6.84. The summed E-state index contributed by atoms with van der Waals surface area (Å²) in [5.41, 5.74) is 4.99. The molecule has 8 heteroatoms. The molecule has 0 fully saturated rings. The Labute approximate surface area is 194 Å². The molecule has 0 radical (unpaired) electrons. The van der Waals surface area contributed by atoms with Gasteiger partial charge in [-0.3, -0.25) is 4.98 Å². The van der Waals surface area contributed by atoms with Gasteiger partial charge < -0.3 is 15.7 Å². The van der Waals surface area contributed by atoms with Gasteiger partial charge in [-0.15, -0.1) is 0 Å². The second kappa shape index (κ2) is 9.95. The van der Waals surface area contributed by atoms with Crippen molar-refractivity contribution in [2.24, 2.45) is 5.92 Å². The number of hydrogen-bond acceptors (Lipinski definition) is 7. The lowest BCUT2D eigenvalue weighted by Crippen LogP contribution is -2.27. The Hall–Kier alpha value is -3.52. The largest absolute Gasteiger partial charge is 0.396 e. The number of benzene rings is 1. The van der Waals surface area contributed by atoms with Crippen LogP contribution in [0.3, 0.4) is 0 Å². The predicted molar refractivity (Wildman–Crippen MR) is 131 cm³/mol. The minimum Gasteiger partial charge on any atom is -0.396 e. The van der Waals surface area contributed by atoms with Crippen LogP contribution in [0.1, 0.15) is 44.7 Å². The van der Waals surface area contributed by atoms with Crippen molar-refractivity contribution in [3.8, 4) is 11.3 Å². The zero-order chi connectivity index (χ0) is 23.4. The van der Waals surface area contributed by atoms with Crippen LogP contribution in [0.4, 0.5) is 11.9 Å². The number of nitrogens with zero attached hydrogens (tertiary/aromatic N) is 5. The molecule has 2 atom stereocenters. The lowest BCUT2D eigenvalue weighted by molar-refractivity contribution is 0.226. The standard InChI is InChI=1S/C25H31N7O/c1-16(2)21-14-28-32-23(21)30-24(29-18(4)17(3)15-33)31-25(32)27-13-19-8-10-20(11-9-19)22-7-5-6-12-26-22/h5-12,14,16-18,33H,13,15H2,1-4H3,(H2,27,29,30,31). The highest BCUT2D eigenvalue weighted by molar-refractivity contribution is 5.59. The summed E-state index contributed by atoms with van der Waals surface area (Å²) in [6, 6.07) is 14.2. The van der Waals surface area contributed by atoms with E-state index in [1.165, 1.54) is 0 Å². The van der Waals surface area contributed by atoms with Crippen molar-refractivity contribution < 1.29 is 5.11 Å². The molecule has 0 saturated carbocycles. The highest BCUT2D eigenvalue weighted by Gasteiger charge is 2.18. The van der Waals surface area contributed by atoms with Crippen LogP contribution < -0.4 is 10.6 Å². The molecule has 2 unspecified atom stereocenters. The Morgan fingerprint density at radius 3 is 2.45 bits per heavy atom. The number of aromatic nitrogens is 5. The van der Waals surface area contributed by atoms with Gasteiger partial charge in [-0.1, -0.05) is 51.1 Å². The third kappa shape index (κ3) is 5.12. The molecule has 4 rings (SSSR count). The number of aliphatic hydroxyl groups is 1. The van der Waals surface area contributed by atoms with Crippen molar-refractivity contribution in [2.75, 3.05) is 17.2 Å². The Balaban J connectivity index is 1.58. The van der Waals surface area contributed by atoms with Gasteiger partial charge in [0, 0.05) is 36.5 Å². The van der Waals surface area contributed by atoms with Crippen molar-refractivity contribution in [3.05, 3.63) is 66.0 Å². The third-order valence-corrected chi connectivity index (χ3v) is 5.88. The SMILES string of the molecule is CC(C)c1cnn2c(NCc3ccc(-c4ccccn4)cc3)nc(NC(C)C(C)CO)nc12. The smallest absolute Gasteiger partial charge is 0.229 e. The molecule has 0 aliphatic carbocycles. The maximum atomic E-state index is 9.48. The van der Waals surface area contributed by atoms with Crippen molar-refractivity contribution in [1.82, 2.24) is 24.6 Å².